The van der Waals surface area contributed by atoms with Gasteiger partial charge in [-0.2, -0.15) is 0 Å². The molecule has 1 aliphatic carbocycles. The highest BCUT2D eigenvalue weighted by molar-refractivity contribution is 5.98. The zero-order valence-corrected chi connectivity index (χ0v) is 14.6. The Kier molecular flexibility index (Phi) is 6.74. The zero-order valence-electron chi connectivity index (χ0n) is 14.6. The Morgan fingerprint density at radius 1 is 1.24 bits per heavy atom. The summed E-state index contributed by atoms with van der Waals surface area (Å²) in [6, 6.07) is 7.20. The molecule has 1 aromatic rings. The van der Waals surface area contributed by atoms with Gasteiger partial charge in [0.2, 0.25) is 0 Å². The van der Waals surface area contributed by atoms with Gasteiger partial charge in [0.05, 0.1) is 0 Å². The van der Waals surface area contributed by atoms with Crippen LogP contribution in [-0.4, -0.2) is 30.1 Å². The summed E-state index contributed by atoms with van der Waals surface area (Å²) in [7, 11) is 0. The number of aryl methyl sites for hydroxylation is 1. The van der Waals surface area contributed by atoms with Gasteiger partial charge in [0.25, 0.3) is 5.91 Å². The van der Waals surface area contributed by atoms with Crippen molar-refractivity contribution in [1.82, 2.24) is 10.6 Å². The van der Waals surface area contributed by atoms with Crippen LogP contribution in [0, 0.1) is 6.92 Å². The Morgan fingerprint density at radius 3 is 2.64 bits per heavy atom. The van der Waals surface area contributed by atoms with Crippen LogP contribution in [-0.2, 0) is 14.3 Å². The molecule has 0 bridgehead atoms. The van der Waals surface area contributed by atoms with Crippen molar-refractivity contribution in [1.29, 1.82) is 0 Å². The highest BCUT2D eigenvalue weighted by atomic mass is 16.5. The molecule has 3 amide bonds. The van der Waals surface area contributed by atoms with Crippen molar-refractivity contribution in [2.75, 3.05) is 0 Å². The smallest absolute Gasteiger partial charge is 0.331 e. The van der Waals surface area contributed by atoms with Crippen LogP contribution in [0.5, 0.6) is 0 Å². The number of carbonyl (C=O) groups is 3. The maximum Gasteiger partial charge on any atom is 0.331 e. The van der Waals surface area contributed by atoms with Crippen LogP contribution in [0.4, 0.5) is 4.79 Å². The first-order valence-corrected chi connectivity index (χ1v) is 8.51. The first-order valence-electron chi connectivity index (χ1n) is 8.51. The van der Waals surface area contributed by atoms with E-state index in [1.54, 1.807) is 6.08 Å². The van der Waals surface area contributed by atoms with Gasteiger partial charge in [-0.15, -0.1) is 0 Å². The third kappa shape index (κ3) is 6.41. The number of benzene rings is 1. The lowest BCUT2D eigenvalue weighted by Crippen LogP contribution is -2.47. The number of nitrogens with one attached hydrogen (secondary N) is 2. The van der Waals surface area contributed by atoms with Crippen molar-refractivity contribution >= 4 is 24.0 Å². The van der Waals surface area contributed by atoms with E-state index in [1.165, 1.54) is 13.0 Å². The lowest BCUT2D eigenvalue weighted by Gasteiger charge is -2.15. The first kappa shape index (κ1) is 18.7. The van der Waals surface area contributed by atoms with Crippen LogP contribution in [0.3, 0.4) is 0 Å². The maximum atomic E-state index is 11.9. The molecule has 25 heavy (non-hydrogen) atoms. The van der Waals surface area contributed by atoms with Crippen molar-refractivity contribution in [3.8, 4) is 0 Å². The molecular weight excluding hydrogens is 320 g/mol. The molecule has 134 valence electrons. The predicted octanol–water partition coefficient (Wildman–Crippen LogP) is 2.71. The summed E-state index contributed by atoms with van der Waals surface area (Å²) in [5.41, 5.74) is 1.95. The van der Waals surface area contributed by atoms with E-state index in [0.717, 1.165) is 36.8 Å². The molecule has 2 rings (SSSR count). The number of hydrogen-bond donors (Lipinski definition) is 2. The van der Waals surface area contributed by atoms with E-state index >= 15 is 0 Å². The fraction of sp³-hybridized carbons (Fsp3) is 0.421. The molecular formula is C19H24N2O4. The van der Waals surface area contributed by atoms with Gasteiger partial charge < -0.3 is 10.1 Å². The largest absolute Gasteiger partial charge is 0.449 e. The molecule has 0 spiro atoms. The summed E-state index contributed by atoms with van der Waals surface area (Å²) in [6.07, 6.45) is 5.85. The van der Waals surface area contributed by atoms with Crippen LogP contribution in [0.2, 0.25) is 0 Å². The van der Waals surface area contributed by atoms with Gasteiger partial charge in [0.15, 0.2) is 6.10 Å². The van der Waals surface area contributed by atoms with E-state index in [1.807, 2.05) is 31.2 Å². The van der Waals surface area contributed by atoms with E-state index in [4.69, 9.17) is 4.74 Å². The number of amides is 3. The molecule has 0 unspecified atom stereocenters. The number of carbonyl (C=O) groups excluding carboxylic acids is 3. The minimum Gasteiger partial charge on any atom is -0.449 e. The number of hydrogen-bond acceptors (Lipinski definition) is 4. The van der Waals surface area contributed by atoms with Crippen molar-refractivity contribution in [3.05, 3.63) is 41.5 Å². The second-order valence-corrected chi connectivity index (χ2v) is 6.27. The summed E-state index contributed by atoms with van der Waals surface area (Å²) in [6.45, 7) is 3.38. The van der Waals surface area contributed by atoms with E-state index in [9.17, 15) is 14.4 Å². The molecule has 6 heteroatoms. The average Bonchev–Trinajstić information content (AvgIpc) is 3.05. The zero-order chi connectivity index (χ0) is 18.2. The van der Waals surface area contributed by atoms with E-state index in [0.29, 0.717) is 0 Å². The molecule has 2 N–H and O–H groups in total. The van der Waals surface area contributed by atoms with Gasteiger partial charge in [-0.1, -0.05) is 42.7 Å². The minimum absolute atomic E-state index is 0.114. The fourth-order valence-electron chi connectivity index (χ4n) is 2.71. The number of ether oxygens (including phenoxy) is 1. The molecule has 1 aromatic carbocycles. The predicted molar refractivity (Wildman–Crippen MR) is 94.7 cm³/mol. The molecule has 1 fully saturated rings. The maximum absolute atomic E-state index is 11.9. The van der Waals surface area contributed by atoms with Gasteiger partial charge in [-0.25, -0.2) is 9.59 Å². The van der Waals surface area contributed by atoms with E-state index < -0.39 is 24.0 Å². The fourth-order valence-corrected chi connectivity index (χ4v) is 2.71. The van der Waals surface area contributed by atoms with Gasteiger partial charge >= 0.3 is 12.0 Å². The normalized spacial score (nSPS) is 15.8. The topological polar surface area (TPSA) is 84.5 Å². The van der Waals surface area contributed by atoms with E-state index in [2.05, 4.69) is 10.6 Å². The Labute approximate surface area is 147 Å². The van der Waals surface area contributed by atoms with Crippen molar-refractivity contribution < 1.29 is 19.1 Å². The van der Waals surface area contributed by atoms with Crippen LogP contribution in [0.15, 0.2) is 30.3 Å². The summed E-state index contributed by atoms with van der Waals surface area (Å²) >= 11 is 0. The highest BCUT2D eigenvalue weighted by Crippen LogP contribution is 2.17. The third-order valence-corrected chi connectivity index (χ3v) is 4.04. The number of esters is 1. The third-order valence-electron chi connectivity index (χ3n) is 4.04. The van der Waals surface area contributed by atoms with Gasteiger partial charge in [-0.05, 0) is 38.3 Å². The lowest BCUT2D eigenvalue weighted by atomic mass is 10.1. The monoisotopic (exact) mass is 344 g/mol. The molecule has 0 aliphatic heterocycles. The average molecular weight is 344 g/mol. The molecule has 1 saturated carbocycles. The molecule has 0 saturated heterocycles. The Balaban J connectivity index is 1.77. The highest BCUT2D eigenvalue weighted by Gasteiger charge is 2.22. The van der Waals surface area contributed by atoms with Crippen molar-refractivity contribution in [2.24, 2.45) is 0 Å². The van der Waals surface area contributed by atoms with Crippen LogP contribution < -0.4 is 10.6 Å². The number of rotatable bonds is 5. The SMILES string of the molecule is Cc1cccc(/C=C/C(=O)O[C@@H](C)C(=O)NC(=O)NC2CCCC2)c1. The molecule has 0 heterocycles. The summed E-state index contributed by atoms with van der Waals surface area (Å²) in [4.78, 5) is 35.4. The number of urea groups is 1. The van der Waals surface area contributed by atoms with Crippen molar-refractivity contribution in [2.45, 2.75) is 51.7 Å². The Morgan fingerprint density at radius 2 is 1.96 bits per heavy atom. The standard InChI is InChI=1S/C19H24N2O4/c1-13-6-5-7-15(12-13)10-11-17(22)25-14(2)18(23)21-19(24)20-16-8-3-4-9-16/h5-7,10-12,14,16H,3-4,8-9H2,1-2H3,(H2,20,21,23,24)/b11-10+/t14-/m0/s1. The quantitative estimate of drug-likeness (QED) is 0.635. The second-order valence-electron chi connectivity index (χ2n) is 6.27. The van der Waals surface area contributed by atoms with Gasteiger partial charge in [0, 0.05) is 12.1 Å². The second kappa shape index (κ2) is 9.01. The Bertz CT molecular complexity index is 663. The first-order chi connectivity index (χ1) is 11.9. The summed E-state index contributed by atoms with van der Waals surface area (Å²) in [5.74, 6) is -1.28. The summed E-state index contributed by atoms with van der Waals surface area (Å²) in [5, 5.41) is 4.95. The van der Waals surface area contributed by atoms with Crippen LogP contribution >= 0.6 is 0 Å². The van der Waals surface area contributed by atoms with Gasteiger partial charge in [0.1, 0.15) is 0 Å². The Hall–Kier alpha value is -2.63. The van der Waals surface area contributed by atoms with Crippen LogP contribution in [0.25, 0.3) is 6.08 Å². The lowest BCUT2D eigenvalue weighted by molar-refractivity contribution is -0.149. The molecule has 0 aromatic heterocycles. The van der Waals surface area contributed by atoms with Gasteiger partial charge in [-0.3, -0.25) is 10.1 Å². The minimum atomic E-state index is -1.05. The number of imide groups is 1. The summed E-state index contributed by atoms with van der Waals surface area (Å²) < 4.78 is 5.02. The van der Waals surface area contributed by atoms with Crippen molar-refractivity contribution in [3.63, 3.8) is 0 Å². The van der Waals surface area contributed by atoms with E-state index in [-0.39, 0.29) is 6.04 Å². The molecule has 1 aliphatic rings. The van der Waals surface area contributed by atoms with Crippen LogP contribution in [0.1, 0.15) is 43.7 Å². The molecule has 6 nitrogen and oxygen atoms in total. The molecule has 1 atom stereocenters. The molecule has 0 radical (unpaired) electrons.